The molecule has 0 amide bonds. The number of nitrogens with two attached hydrogens (primary N) is 1. The maximum absolute atomic E-state index is 5.59. The molecule has 0 aliphatic heterocycles. The Morgan fingerprint density at radius 1 is 1.25 bits per heavy atom. The minimum absolute atomic E-state index is 0.639. The minimum Gasteiger partial charge on any atom is -0.330 e. The summed E-state index contributed by atoms with van der Waals surface area (Å²) >= 11 is 0. The van der Waals surface area contributed by atoms with Crippen LogP contribution in [0.2, 0.25) is 0 Å². The first kappa shape index (κ1) is 10.9. The quantitative estimate of drug-likeness (QED) is 0.824. The first-order valence-corrected chi connectivity index (χ1v) is 5.52. The largest absolute Gasteiger partial charge is 0.330 e. The van der Waals surface area contributed by atoms with Crippen molar-refractivity contribution < 1.29 is 0 Å². The van der Waals surface area contributed by atoms with Gasteiger partial charge in [-0.05, 0) is 31.5 Å². The molecule has 0 aliphatic carbocycles. The van der Waals surface area contributed by atoms with Crippen LogP contribution in [0.1, 0.15) is 16.8 Å². The topological polar surface area (TPSA) is 54.7 Å². The highest BCUT2D eigenvalue weighted by Gasteiger charge is 2.09. The molecule has 16 heavy (non-hydrogen) atoms. The summed E-state index contributed by atoms with van der Waals surface area (Å²) in [6, 6.07) is 6.46. The van der Waals surface area contributed by atoms with E-state index in [2.05, 4.69) is 42.2 Å². The lowest BCUT2D eigenvalue weighted by Gasteiger charge is -2.07. The standard InChI is InChI=1S/C13H17N3/c1-9-3-4-10(2)11(7-9)12-8-15-16-13(12)5-6-14/h3-4,7-8H,5-6,14H2,1-2H3,(H,15,16). The van der Waals surface area contributed by atoms with Gasteiger partial charge in [0, 0.05) is 17.7 Å². The lowest BCUT2D eigenvalue weighted by Crippen LogP contribution is -2.04. The van der Waals surface area contributed by atoms with E-state index in [9.17, 15) is 0 Å². The van der Waals surface area contributed by atoms with Crippen molar-refractivity contribution in [3.05, 3.63) is 41.2 Å². The van der Waals surface area contributed by atoms with Crippen LogP contribution < -0.4 is 5.73 Å². The van der Waals surface area contributed by atoms with Crippen molar-refractivity contribution in [3.63, 3.8) is 0 Å². The van der Waals surface area contributed by atoms with E-state index in [0.717, 1.165) is 12.1 Å². The highest BCUT2D eigenvalue weighted by atomic mass is 15.1. The zero-order chi connectivity index (χ0) is 11.5. The zero-order valence-electron chi connectivity index (χ0n) is 9.75. The van der Waals surface area contributed by atoms with E-state index in [0.29, 0.717) is 6.54 Å². The lowest BCUT2D eigenvalue weighted by atomic mass is 9.98. The van der Waals surface area contributed by atoms with Crippen molar-refractivity contribution in [2.45, 2.75) is 20.3 Å². The lowest BCUT2D eigenvalue weighted by molar-refractivity contribution is 0.902. The van der Waals surface area contributed by atoms with Gasteiger partial charge in [0.2, 0.25) is 0 Å². The normalized spacial score (nSPS) is 10.7. The summed E-state index contributed by atoms with van der Waals surface area (Å²) in [5, 5.41) is 7.13. The van der Waals surface area contributed by atoms with E-state index in [1.54, 1.807) is 0 Å². The molecule has 1 heterocycles. The van der Waals surface area contributed by atoms with Gasteiger partial charge in [-0.1, -0.05) is 23.8 Å². The molecule has 0 atom stereocenters. The van der Waals surface area contributed by atoms with Gasteiger partial charge < -0.3 is 5.73 Å². The molecule has 0 bridgehead atoms. The molecule has 84 valence electrons. The molecule has 0 unspecified atom stereocenters. The maximum Gasteiger partial charge on any atom is 0.0568 e. The maximum atomic E-state index is 5.59. The van der Waals surface area contributed by atoms with Gasteiger partial charge in [-0.25, -0.2) is 0 Å². The van der Waals surface area contributed by atoms with Crippen LogP contribution in [0.3, 0.4) is 0 Å². The third kappa shape index (κ3) is 1.99. The Bertz CT molecular complexity index is 486. The fourth-order valence-corrected chi connectivity index (χ4v) is 1.91. The van der Waals surface area contributed by atoms with Crippen molar-refractivity contribution in [1.29, 1.82) is 0 Å². The predicted octanol–water partition coefficient (Wildman–Crippen LogP) is 2.19. The molecule has 2 aromatic rings. The molecule has 0 saturated carbocycles. The summed E-state index contributed by atoms with van der Waals surface area (Å²) in [7, 11) is 0. The molecule has 2 rings (SSSR count). The van der Waals surface area contributed by atoms with Gasteiger partial charge in [-0.2, -0.15) is 5.10 Å². The number of aromatic amines is 1. The summed E-state index contributed by atoms with van der Waals surface area (Å²) < 4.78 is 0. The van der Waals surface area contributed by atoms with Crippen LogP contribution in [-0.4, -0.2) is 16.7 Å². The zero-order valence-corrected chi connectivity index (χ0v) is 9.75. The van der Waals surface area contributed by atoms with E-state index >= 15 is 0 Å². The number of H-pyrrole nitrogens is 1. The number of nitrogens with zero attached hydrogens (tertiary/aromatic N) is 1. The third-order valence-electron chi connectivity index (χ3n) is 2.80. The van der Waals surface area contributed by atoms with Crippen LogP contribution >= 0.6 is 0 Å². The molecule has 0 fully saturated rings. The minimum atomic E-state index is 0.639. The second kappa shape index (κ2) is 4.49. The number of rotatable bonds is 3. The van der Waals surface area contributed by atoms with E-state index in [-0.39, 0.29) is 0 Å². The average molecular weight is 215 g/mol. The second-order valence-corrected chi connectivity index (χ2v) is 4.12. The number of nitrogens with one attached hydrogen (secondary N) is 1. The molecule has 3 heteroatoms. The smallest absolute Gasteiger partial charge is 0.0568 e. The summed E-state index contributed by atoms with van der Waals surface area (Å²) in [6.45, 7) is 4.86. The van der Waals surface area contributed by atoms with Crippen molar-refractivity contribution in [2.75, 3.05) is 6.54 Å². The molecule has 3 N–H and O–H groups in total. The van der Waals surface area contributed by atoms with E-state index in [1.165, 1.54) is 22.3 Å². The van der Waals surface area contributed by atoms with Gasteiger partial charge >= 0.3 is 0 Å². The van der Waals surface area contributed by atoms with Gasteiger partial charge in [-0.15, -0.1) is 0 Å². The Kier molecular flexibility index (Phi) is 3.06. The average Bonchev–Trinajstić information content (AvgIpc) is 2.70. The number of aromatic nitrogens is 2. The van der Waals surface area contributed by atoms with Gasteiger partial charge in [-0.3, -0.25) is 5.10 Å². The van der Waals surface area contributed by atoms with Gasteiger partial charge in [0.15, 0.2) is 0 Å². The highest BCUT2D eigenvalue weighted by molar-refractivity contribution is 5.69. The summed E-state index contributed by atoms with van der Waals surface area (Å²) in [5.74, 6) is 0. The van der Waals surface area contributed by atoms with Gasteiger partial charge in [0.1, 0.15) is 0 Å². The van der Waals surface area contributed by atoms with Crippen molar-refractivity contribution in [1.82, 2.24) is 10.2 Å². The van der Waals surface area contributed by atoms with Crippen LogP contribution in [0.15, 0.2) is 24.4 Å². The Labute approximate surface area is 95.7 Å². The monoisotopic (exact) mass is 215 g/mol. The van der Waals surface area contributed by atoms with Crippen molar-refractivity contribution in [3.8, 4) is 11.1 Å². The summed E-state index contributed by atoms with van der Waals surface area (Å²) in [4.78, 5) is 0. The Morgan fingerprint density at radius 2 is 2.06 bits per heavy atom. The Hall–Kier alpha value is -1.61. The molecule has 1 aromatic carbocycles. The fraction of sp³-hybridized carbons (Fsp3) is 0.308. The molecular weight excluding hydrogens is 198 g/mol. The molecule has 0 saturated heterocycles. The number of hydrogen-bond donors (Lipinski definition) is 2. The Balaban J connectivity index is 2.49. The molecule has 0 spiro atoms. The SMILES string of the molecule is Cc1ccc(C)c(-c2cn[nH]c2CCN)c1. The molecular formula is C13H17N3. The fourth-order valence-electron chi connectivity index (χ4n) is 1.91. The third-order valence-corrected chi connectivity index (χ3v) is 2.80. The predicted molar refractivity (Wildman–Crippen MR) is 66.3 cm³/mol. The van der Waals surface area contributed by atoms with Crippen LogP contribution in [0.25, 0.3) is 11.1 Å². The van der Waals surface area contributed by atoms with E-state index in [4.69, 9.17) is 5.73 Å². The second-order valence-electron chi connectivity index (χ2n) is 4.12. The summed E-state index contributed by atoms with van der Waals surface area (Å²) in [6.07, 6.45) is 2.72. The first-order valence-electron chi connectivity index (χ1n) is 5.52. The Morgan fingerprint density at radius 3 is 2.81 bits per heavy atom. The molecule has 0 radical (unpaired) electrons. The number of benzene rings is 1. The number of hydrogen-bond acceptors (Lipinski definition) is 2. The molecule has 0 aliphatic rings. The van der Waals surface area contributed by atoms with Crippen LogP contribution in [0, 0.1) is 13.8 Å². The highest BCUT2D eigenvalue weighted by Crippen LogP contribution is 2.26. The van der Waals surface area contributed by atoms with Crippen LogP contribution in [-0.2, 0) is 6.42 Å². The van der Waals surface area contributed by atoms with E-state index in [1.807, 2.05) is 6.20 Å². The first-order chi connectivity index (χ1) is 7.72. The van der Waals surface area contributed by atoms with Crippen LogP contribution in [0.5, 0.6) is 0 Å². The van der Waals surface area contributed by atoms with Crippen molar-refractivity contribution >= 4 is 0 Å². The van der Waals surface area contributed by atoms with Gasteiger partial charge in [0.25, 0.3) is 0 Å². The van der Waals surface area contributed by atoms with Crippen molar-refractivity contribution in [2.24, 2.45) is 5.73 Å². The van der Waals surface area contributed by atoms with Crippen LogP contribution in [0.4, 0.5) is 0 Å². The molecule has 1 aromatic heterocycles. The van der Waals surface area contributed by atoms with E-state index < -0.39 is 0 Å². The number of aryl methyl sites for hydroxylation is 2. The summed E-state index contributed by atoms with van der Waals surface area (Å²) in [5.41, 5.74) is 11.7. The van der Waals surface area contributed by atoms with Gasteiger partial charge in [0.05, 0.1) is 6.20 Å². The molecule has 3 nitrogen and oxygen atoms in total.